The Morgan fingerprint density at radius 2 is 2.24 bits per heavy atom. The molecule has 2 aromatic rings. The van der Waals surface area contributed by atoms with Gasteiger partial charge in [-0.15, -0.1) is 23.1 Å². The van der Waals surface area contributed by atoms with E-state index in [2.05, 4.69) is 12.2 Å². The van der Waals surface area contributed by atoms with Crippen molar-refractivity contribution in [2.75, 3.05) is 12.3 Å². The average Bonchev–Trinajstić information content (AvgIpc) is 3.37. The normalized spacial score (nSPS) is 20.0. The van der Waals surface area contributed by atoms with Gasteiger partial charge < -0.3 is 14.6 Å². The highest BCUT2D eigenvalue weighted by atomic mass is 32.2. The first-order chi connectivity index (χ1) is 12.2. The van der Waals surface area contributed by atoms with E-state index in [-0.39, 0.29) is 17.2 Å². The molecule has 2 atom stereocenters. The fourth-order valence-corrected chi connectivity index (χ4v) is 4.93. The largest absolute Gasteiger partial charge is 0.472 e. The molecule has 0 spiro atoms. The number of hydrogen-bond donors (Lipinski definition) is 1. The van der Waals surface area contributed by atoms with Gasteiger partial charge in [0.25, 0.3) is 5.91 Å². The van der Waals surface area contributed by atoms with E-state index in [1.54, 1.807) is 35.3 Å². The van der Waals surface area contributed by atoms with Crippen LogP contribution in [0.2, 0.25) is 0 Å². The van der Waals surface area contributed by atoms with E-state index in [4.69, 9.17) is 4.42 Å². The molecule has 7 heteroatoms. The zero-order valence-electron chi connectivity index (χ0n) is 14.1. The third-order valence-corrected chi connectivity index (χ3v) is 6.36. The summed E-state index contributed by atoms with van der Waals surface area (Å²) in [5.41, 5.74) is 0.913. The summed E-state index contributed by atoms with van der Waals surface area (Å²) in [7, 11) is 0. The summed E-state index contributed by atoms with van der Waals surface area (Å²) < 4.78 is 5.18. The van der Waals surface area contributed by atoms with Crippen molar-refractivity contribution in [1.29, 1.82) is 0 Å². The molecule has 2 amide bonds. The maximum atomic E-state index is 13.0. The van der Waals surface area contributed by atoms with Gasteiger partial charge in [0.15, 0.2) is 0 Å². The Hall–Kier alpha value is -1.73. The summed E-state index contributed by atoms with van der Waals surface area (Å²) >= 11 is 3.00. The number of rotatable bonds is 7. The van der Waals surface area contributed by atoms with Crippen molar-refractivity contribution in [3.63, 3.8) is 0 Å². The molecule has 2 unspecified atom stereocenters. The predicted octanol–water partition coefficient (Wildman–Crippen LogP) is 3.90. The van der Waals surface area contributed by atoms with Crippen LogP contribution < -0.4 is 5.32 Å². The second-order valence-electron chi connectivity index (χ2n) is 5.95. The molecule has 0 saturated carbocycles. The molecular formula is C18H22N2O3S2. The Kier molecular flexibility index (Phi) is 6.20. The van der Waals surface area contributed by atoms with Gasteiger partial charge in [0, 0.05) is 17.9 Å². The molecule has 2 aromatic heterocycles. The molecule has 1 saturated heterocycles. The van der Waals surface area contributed by atoms with E-state index in [1.165, 1.54) is 11.3 Å². The number of nitrogens with one attached hydrogen (secondary N) is 1. The van der Waals surface area contributed by atoms with Gasteiger partial charge >= 0.3 is 0 Å². The maximum Gasteiger partial charge on any atom is 0.265 e. The smallest absolute Gasteiger partial charge is 0.265 e. The van der Waals surface area contributed by atoms with E-state index in [1.807, 2.05) is 17.5 Å². The first-order valence-electron chi connectivity index (χ1n) is 8.50. The summed E-state index contributed by atoms with van der Waals surface area (Å²) in [5, 5.41) is 4.67. The second kappa shape index (κ2) is 8.58. The lowest BCUT2D eigenvalue weighted by Crippen LogP contribution is -2.48. The van der Waals surface area contributed by atoms with E-state index >= 15 is 0 Å². The molecule has 1 fully saturated rings. The molecule has 0 aromatic carbocycles. The van der Waals surface area contributed by atoms with Gasteiger partial charge in [0.2, 0.25) is 5.91 Å². The second-order valence-corrected chi connectivity index (χ2v) is 8.01. The number of hydrogen-bond acceptors (Lipinski definition) is 5. The van der Waals surface area contributed by atoms with Gasteiger partial charge in [0.05, 0.1) is 17.4 Å². The number of carbonyl (C=O) groups excluding carboxylic acids is 2. The fourth-order valence-electron chi connectivity index (χ4n) is 2.86. The highest BCUT2D eigenvalue weighted by Crippen LogP contribution is 2.42. The molecule has 1 aliphatic heterocycles. The van der Waals surface area contributed by atoms with Gasteiger partial charge in [-0.05, 0) is 23.9 Å². The van der Waals surface area contributed by atoms with Crippen LogP contribution in [0, 0.1) is 0 Å². The number of furan rings is 1. The number of unbranched alkanes of at least 4 members (excludes halogenated alkanes) is 2. The standard InChI is InChI=1S/C18H22N2O3S2/c1-2-3-4-8-19-16(21)14-12-25-18(13-7-9-23-11-13)20(14)17(22)15-6-5-10-24-15/h5-7,9-11,14,18H,2-4,8,12H2,1H3,(H,19,21). The lowest BCUT2D eigenvalue weighted by atomic mass is 10.2. The van der Waals surface area contributed by atoms with Crippen LogP contribution in [0.4, 0.5) is 0 Å². The van der Waals surface area contributed by atoms with Gasteiger partial charge in [-0.25, -0.2) is 0 Å². The zero-order valence-corrected chi connectivity index (χ0v) is 15.8. The van der Waals surface area contributed by atoms with Crippen molar-refractivity contribution in [2.45, 2.75) is 37.6 Å². The van der Waals surface area contributed by atoms with E-state index < -0.39 is 6.04 Å². The minimum atomic E-state index is -0.457. The highest BCUT2D eigenvalue weighted by molar-refractivity contribution is 7.99. The summed E-state index contributed by atoms with van der Waals surface area (Å²) in [6.45, 7) is 2.79. The summed E-state index contributed by atoms with van der Waals surface area (Å²) in [4.78, 5) is 28.0. The van der Waals surface area contributed by atoms with Crippen molar-refractivity contribution in [1.82, 2.24) is 10.2 Å². The Morgan fingerprint density at radius 3 is 2.92 bits per heavy atom. The van der Waals surface area contributed by atoms with Crippen molar-refractivity contribution >= 4 is 34.9 Å². The van der Waals surface area contributed by atoms with Crippen molar-refractivity contribution in [2.24, 2.45) is 0 Å². The van der Waals surface area contributed by atoms with Crippen LogP contribution in [-0.2, 0) is 4.79 Å². The van der Waals surface area contributed by atoms with Crippen LogP contribution in [-0.4, -0.2) is 35.1 Å². The SMILES string of the molecule is CCCCCNC(=O)C1CSC(c2ccoc2)N1C(=O)c1cccs1. The summed E-state index contributed by atoms with van der Waals surface area (Å²) in [5.74, 6) is 0.423. The number of nitrogens with zero attached hydrogens (tertiary/aromatic N) is 1. The lowest BCUT2D eigenvalue weighted by Gasteiger charge is -2.28. The molecule has 0 bridgehead atoms. The highest BCUT2D eigenvalue weighted by Gasteiger charge is 2.43. The van der Waals surface area contributed by atoms with Crippen LogP contribution in [0.25, 0.3) is 0 Å². The molecule has 3 rings (SSSR count). The van der Waals surface area contributed by atoms with E-state index in [0.717, 1.165) is 24.8 Å². The molecule has 0 aliphatic carbocycles. The van der Waals surface area contributed by atoms with Crippen LogP contribution in [0.15, 0.2) is 40.5 Å². The quantitative estimate of drug-likeness (QED) is 0.742. The minimum Gasteiger partial charge on any atom is -0.472 e. The predicted molar refractivity (Wildman–Crippen MR) is 101 cm³/mol. The third-order valence-electron chi connectivity index (χ3n) is 4.18. The molecule has 5 nitrogen and oxygen atoms in total. The first-order valence-corrected chi connectivity index (χ1v) is 10.4. The monoisotopic (exact) mass is 378 g/mol. The molecular weight excluding hydrogens is 356 g/mol. The van der Waals surface area contributed by atoms with Gasteiger partial charge in [-0.2, -0.15) is 0 Å². The van der Waals surface area contributed by atoms with Crippen LogP contribution >= 0.6 is 23.1 Å². The number of thioether (sulfide) groups is 1. The minimum absolute atomic E-state index is 0.0699. The zero-order chi connectivity index (χ0) is 17.6. The topological polar surface area (TPSA) is 62.6 Å². The van der Waals surface area contributed by atoms with E-state index in [9.17, 15) is 9.59 Å². The lowest BCUT2D eigenvalue weighted by molar-refractivity contribution is -0.124. The van der Waals surface area contributed by atoms with Gasteiger partial charge in [-0.1, -0.05) is 25.8 Å². The molecule has 134 valence electrons. The van der Waals surface area contributed by atoms with E-state index in [0.29, 0.717) is 17.2 Å². The summed E-state index contributed by atoms with van der Waals surface area (Å²) in [6.07, 6.45) is 6.41. The molecule has 0 radical (unpaired) electrons. The Morgan fingerprint density at radius 1 is 1.36 bits per heavy atom. The van der Waals surface area contributed by atoms with Crippen molar-refractivity contribution in [3.05, 3.63) is 46.5 Å². The van der Waals surface area contributed by atoms with Gasteiger partial charge in [0.1, 0.15) is 11.4 Å². The number of amides is 2. The summed E-state index contributed by atoms with van der Waals surface area (Å²) in [6, 6.07) is 5.06. The number of thiophene rings is 1. The fraction of sp³-hybridized carbons (Fsp3) is 0.444. The Bertz CT molecular complexity index is 685. The maximum absolute atomic E-state index is 13.0. The average molecular weight is 379 g/mol. The molecule has 1 N–H and O–H groups in total. The van der Waals surface area contributed by atoms with Crippen LogP contribution in [0.1, 0.15) is 46.8 Å². The van der Waals surface area contributed by atoms with Gasteiger partial charge in [-0.3, -0.25) is 9.59 Å². The van der Waals surface area contributed by atoms with Crippen LogP contribution in [0.3, 0.4) is 0 Å². The van der Waals surface area contributed by atoms with Crippen molar-refractivity contribution in [3.8, 4) is 0 Å². The molecule has 1 aliphatic rings. The van der Waals surface area contributed by atoms with Crippen LogP contribution in [0.5, 0.6) is 0 Å². The molecule has 3 heterocycles. The first kappa shape index (κ1) is 18.1. The Labute approximate surface area is 155 Å². The molecule has 25 heavy (non-hydrogen) atoms. The third kappa shape index (κ3) is 4.10. The number of carbonyl (C=O) groups is 2. The van der Waals surface area contributed by atoms with Crippen molar-refractivity contribution < 1.29 is 14.0 Å². The Balaban J connectivity index is 1.77.